The van der Waals surface area contributed by atoms with Gasteiger partial charge in [-0.1, -0.05) is 26.2 Å². The van der Waals surface area contributed by atoms with Gasteiger partial charge in [-0.05, 0) is 31.7 Å². The molecule has 1 fully saturated rings. The highest BCUT2D eigenvalue weighted by atomic mass is 32.1. The number of hydrogen-bond donors (Lipinski definition) is 1. The number of nitrogens with zero attached hydrogens (tertiary/aromatic N) is 1. The Morgan fingerprint density at radius 3 is 2.94 bits per heavy atom. The molecule has 2 unspecified atom stereocenters. The summed E-state index contributed by atoms with van der Waals surface area (Å²) in [4.78, 5) is 4.47. The van der Waals surface area contributed by atoms with Gasteiger partial charge in [-0.3, -0.25) is 0 Å². The lowest BCUT2D eigenvalue weighted by Crippen LogP contribution is -2.29. The molecule has 1 aliphatic carbocycles. The van der Waals surface area contributed by atoms with Crippen molar-refractivity contribution in [3.05, 3.63) is 16.1 Å². The highest BCUT2D eigenvalue weighted by Crippen LogP contribution is 2.28. The standard InChI is InChI=1S/C13H22N2S/c1-10-5-3-4-6-12(10)7-14-8-13-9-16-11(2)15-13/h9-10,12,14H,3-8H2,1-2H3. The monoisotopic (exact) mass is 238 g/mol. The van der Waals surface area contributed by atoms with Crippen molar-refractivity contribution in [2.24, 2.45) is 11.8 Å². The predicted octanol–water partition coefficient (Wildman–Crippen LogP) is 3.37. The van der Waals surface area contributed by atoms with Gasteiger partial charge in [-0.15, -0.1) is 11.3 Å². The van der Waals surface area contributed by atoms with E-state index in [-0.39, 0.29) is 0 Å². The number of hydrogen-bond acceptors (Lipinski definition) is 3. The summed E-state index contributed by atoms with van der Waals surface area (Å²) in [6, 6.07) is 0. The van der Waals surface area contributed by atoms with Crippen LogP contribution in [-0.2, 0) is 6.54 Å². The first-order valence-corrected chi connectivity index (χ1v) is 7.25. The summed E-state index contributed by atoms with van der Waals surface area (Å²) >= 11 is 1.74. The highest BCUT2D eigenvalue weighted by molar-refractivity contribution is 7.09. The van der Waals surface area contributed by atoms with E-state index < -0.39 is 0 Å². The van der Waals surface area contributed by atoms with Crippen LogP contribution in [0.3, 0.4) is 0 Å². The fourth-order valence-electron chi connectivity index (χ4n) is 2.57. The Hall–Kier alpha value is -0.410. The maximum atomic E-state index is 4.47. The lowest BCUT2D eigenvalue weighted by molar-refractivity contribution is 0.247. The third kappa shape index (κ3) is 3.29. The van der Waals surface area contributed by atoms with Crippen LogP contribution in [0.25, 0.3) is 0 Å². The van der Waals surface area contributed by atoms with Crippen LogP contribution in [0.1, 0.15) is 43.3 Å². The molecule has 0 bridgehead atoms. The van der Waals surface area contributed by atoms with Crippen molar-refractivity contribution in [3.63, 3.8) is 0 Å². The summed E-state index contributed by atoms with van der Waals surface area (Å²) in [5, 5.41) is 6.89. The van der Waals surface area contributed by atoms with Gasteiger partial charge in [-0.2, -0.15) is 0 Å². The second-order valence-corrected chi connectivity index (χ2v) is 6.07. The van der Waals surface area contributed by atoms with Gasteiger partial charge in [0.15, 0.2) is 0 Å². The smallest absolute Gasteiger partial charge is 0.0897 e. The zero-order valence-corrected chi connectivity index (χ0v) is 11.1. The van der Waals surface area contributed by atoms with Gasteiger partial charge in [-0.25, -0.2) is 4.98 Å². The summed E-state index contributed by atoms with van der Waals surface area (Å²) < 4.78 is 0. The zero-order chi connectivity index (χ0) is 11.4. The molecule has 2 atom stereocenters. The third-order valence-electron chi connectivity index (χ3n) is 3.67. The minimum Gasteiger partial charge on any atom is -0.311 e. The van der Waals surface area contributed by atoms with Crippen molar-refractivity contribution in [3.8, 4) is 0 Å². The molecular formula is C13H22N2S. The van der Waals surface area contributed by atoms with Crippen molar-refractivity contribution in [1.29, 1.82) is 0 Å². The van der Waals surface area contributed by atoms with Crippen molar-refractivity contribution in [1.82, 2.24) is 10.3 Å². The molecule has 1 N–H and O–H groups in total. The molecular weight excluding hydrogens is 216 g/mol. The van der Waals surface area contributed by atoms with E-state index in [1.165, 1.54) is 36.4 Å². The molecule has 1 aliphatic rings. The molecule has 1 aromatic rings. The quantitative estimate of drug-likeness (QED) is 0.870. The molecule has 16 heavy (non-hydrogen) atoms. The molecule has 0 amide bonds. The minimum absolute atomic E-state index is 0.883. The normalized spacial score (nSPS) is 25.9. The topological polar surface area (TPSA) is 24.9 Å². The average molecular weight is 238 g/mol. The van der Waals surface area contributed by atoms with E-state index >= 15 is 0 Å². The first-order chi connectivity index (χ1) is 7.75. The van der Waals surface area contributed by atoms with Crippen molar-refractivity contribution in [2.75, 3.05) is 6.54 Å². The number of aryl methyl sites for hydroxylation is 1. The Kier molecular flexibility index (Phi) is 4.36. The van der Waals surface area contributed by atoms with Gasteiger partial charge in [0, 0.05) is 11.9 Å². The van der Waals surface area contributed by atoms with Gasteiger partial charge in [0.1, 0.15) is 0 Å². The summed E-state index contributed by atoms with van der Waals surface area (Å²) in [5.41, 5.74) is 1.20. The Bertz CT molecular complexity index is 321. The Balaban J connectivity index is 1.71. The molecule has 0 saturated heterocycles. The van der Waals surface area contributed by atoms with Crippen LogP contribution in [0, 0.1) is 18.8 Å². The van der Waals surface area contributed by atoms with Crippen LogP contribution in [0.2, 0.25) is 0 Å². The molecule has 0 aliphatic heterocycles. The van der Waals surface area contributed by atoms with E-state index in [0.29, 0.717) is 0 Å². The maximum Gasteiger partial charge on any atom is 0.0897 e. The van der Waals surface area contributed by atoms with Crippen molar-refractivity contribution < 1.29 is 0 Å². The molecule has 1 aromatic heterocycles. The van der Waals surface area contributed by atoms with Crippen LogP contribution in [-0.4, -0.2) is 11.5 Å². The number of nitrogens with one attached hydrogen (secondary N) is 1. The largest absolute Gasteiger partial charge is 0.311 e. The van der Waals surface area contributed by atoms with Gasteiger partial charge in [0.2, 0.25) is 0 Å². The van der Waals surface area contributed by atoms with Crippen LogP contribution < -0.4 is 5.32 Å². The summed E-state index contributed by atoms with van der Waals surface area (Å²) in [5.74, 6) is 1.78. The lowest BCUT2D eigenvalue weighted by Gasteiger charge is -2.28. The summed E-state index contributed by atoms with van der Waals surface area (Å²) in [6.07, 6.45) is 5.68. The van der Waals surface area contributed by atoms with Gasteiger partial charge in [0.25, 0.3) is 0 Å². The SMILES string of the molecule is Cc1nc(CNCC2CCCCC2C)cs1. The fraction of sp³-hybridized carbons (Fsp3) is 0.769. The van der Waals surface area contributed by atoms with E-state index in [1.54, 1.807) is 11.3 Å². The molecule has 90 valence electrons. The Labute approximate surface area is 102 Å². The van der Waals surface area contributed by atoms with E-state index in [0.717, 1.165) is 24.9 Å². The molecule has 2 nitrogen and oxygen atoms in total. The zero-order valence-electron chi connectivity index (χ0n) is 10.3. The second kappa shape index (κ2) is 5.78. The van der Waals surface area contributed by atoms with Crippen LogP contribution >= 0.6 is 11.3 Å². The molecule has 0 spiro atoms. The first-order valence-electron chi connectivity index (χ1n) is 6.37. The van der Waals surface area contributed by atoms with E-state index in [2.05, 4.69) is 29.5 Å². The van der Waals surface area contributed by atoms with Gasteiger partial charge in [0.05, 0.1) is 10.7 Å². The average Bonchev–Trinajstić information content (AvgIpc) is 2.67. The Morgan fingerprint density at radius 1 is 1.44 bits per heavy atom. The molecule has 2 rings (SSSR count). The second-order valence-electron chi connectivity index (χ2n) is 5.01. The van der Waals surface area contributed by atoms with E-state index in [9.17, 15) is 0 Å². The molecule has 1 heterocycles. The molecule has 0 radical (unpaired) electrons. The minimum atomic E-state index is 0.883. The lowest BCUT2D eigenvalue weighted by atomic mass is 9.80. The van der Waals surface area contributed by atoms with Crippen molar-refractivity contribution in [2.45, 2.75) is 46.1 Å². The van der Waals surface area contributed by atoms with E-state index in [1.807, 2.05) is 0 Å². The number of aromatic nitrogens is 1. The summed E-state index contributed by atoms with van der Waals surface area (Å²) in [6.45, 7) is 6.57. The van der Waals surface area contributed by atoms with Crippen LogP contribution in [0.15, 0.2) is 5.38 Å². The molecule has 1 saturated carbocycles. The first kappa shape index (κ1) is 12.1. The summed E-state index contributed by atoms with van der Waals surface area (Å²) in [7, 11) is 0. The molecule has 0 aromatic carbocycles. The van der Waals surface area contributed by atoms with Crippen molar-refractivity contribution >= 4 is 11.3 Å². The van der Waals surface area contributed by atoms with Crippen LogP contribution in [0.4, 0.5) is 0 Å². The van der Waals surface area contributed by atoms with Gasteiger partial charge < -0.3 is 5.32 Å². The van der Waals surface area contributed by atoms with E-state index in [4.69, 9.17) is 0 Å². The molecule has 3 heteroatoms. The third-order valence-corrected chi connectivity index (χ3v) is 4.49. The van der Waals surface area contributed by atoms with Gasteiger partial charge >= 0.3 is 0 Å². The Morgan fingerprint density at radius 2 is 2.25 bits per heavy atom. The van der Waals surface area contributed by atoms with Crippen LogP contribution in [0.5, 0.6) is 0 Å². The number of rotatable bonds is 4. The fourth-order valence-corrected chi connectivity index (χ4v) is 3.18. The highest BCUT2D eigenvalue weighted by Gasteiger charge is 2.20. The maximum absolute atomic E-state index is 4.47. The predicted molar refractivity (Wildman–Crippen MR) is 69.7 cm³/mol. The number of thiazole rings is 1.